The van der Waals surface area contributed by atoms with Gasteiger partial charge in [-0.15, -0.1) is 0 Å². The summed E-state index contributed by atoms with van der Waals surface area (Å²) < 4.78 is 0. The fraction of sp³-hybridized carbons (Fsp3) is 0.667. The number of aliphatic carboxylic acids is 1. The fourth-order valence-corrected chi connectivity index (χ4v) is 2.11. The van der Waals surface area contributed by atoms with Crippen molar-refractivity contribution in [1.29, 1.82) is 0 Å². The van der Waals surface area contributed by atoms with Crippen LogP contribution < -0.4 is 11.1 Å². The Morgan fingerprint density at radius 3 is 2.32 bits per heavy atom. The molecule has 0 radical (unpaired) electrons. The Labute approximate surface area is 132 Å². The summed E-state index contributed by atoms with van der Waals surface area (Å²) in [6, 6.07) is -2.15. The van der Waals surface area contributed by atoms with E-state index in [9.17, 15) is 19.2 Å². The number of carbonyl (C=O) groups excluding carboxylic acids is 2. The minimum Gasteiger partial charge on any atom is -0.480 e. The Morgan fingerprint density at radius 1 is 1.27 bits per heavy atom. The molecule has 0 saturated carbocycles. The zero-order valence-electron chi connectivity index (χ0n) is 12.4. The van der Waals surface area contributed by atoms with Crippen LogP contribution in [0.4, 0.5) is 4.79 Å². The molecule has 0 aromatic carbocycles. The molecule has 3 amide bonds. The van der Waals surface area contributed by atoms with Crippen LogP contribution >= 0.6 is 11.8 Å². The Morgan fingerprint density at radius 2 is 1.86 bits per heavy atom. The molecule has 0 aromatic heterocycles. The average molecular weight is 335 g/mol. The lowest BCUT2D eigenvalue weighted by molar-refractivity contribution is -0.139. The van der Waals surface area contributed by atoms with E-state index >= 15 is 0 Å². The first-order valence-electron chi connectivity index (χ1n) is 6.56. The van der Waals surface area contributed by atoms with Crippen LogP contribution in [-0.2, 0) is 14.4 Å². The van der Waals surface area contributed by atoms with Crippen LogP contribution in [0.3, 0.4) is 0 Å². The molecule has 0 saturated heterocycles. The standard InChI is InChI=1S/C12H21N3O6S/c1-3-22-6-8(10(17)15(2)12(20)21)14-9(16)5-4-7(13)11(18)19/h7-8H,3-6,13H2,1-2H3,(H,14,16)(H,18,19)(H,20,21). The van der Waals surface area contributed by atoms with Gasteiger partial charge in [0, 0.05) is 19.2 Å². The number of likely N-dealkylation sites (N-methyl/N-ethyl adjacent to an activating group) is 1. The number of hydrogen-bond donors (Lipinski definition) is 4. The third kappa shape index (κ3) is 7.27. The van der Waals surface area contributed by atoms with Crippen molar-refractivity contribution in [3.05, 3.63) is 0 Å². The lowest BCUT2D eigenvalue weighted by Gasteiger charge is -2.21. The van der Waals surface area contributed by atoms with Gasteiger partial charge < -0.3 is 21.3 Å². The molecule has 2 atom stereocenters. The zero-order valence-corrected chi connectivity index (χ0v) is 13.3. The lowest BCUT2D eigenvalue weighted by atomic mass is 10.1. The second-order valence-corrected chi connectivity index (χ2v) is 5.76. The summed E-state index contributed by atoms with van der Waals surface area (Å²) in [4.78, 5) is 45.6. The number of nitrogens with two attached hydrogens (primary N) is 1. The molecular formula is C12H21N3O6S. The number of carboxylic acid groups (broad SMARTS) is 2. The van der Waals surface area contributed by atoms with Crippen LogP contribution in [0.5, 0.6) is 0 Å². The summed E-state index contributed by atoms with van der Waals surface area (Å²) in [5, 5.41) is 19.8. The first-order chi connectivity index (χ1) is 10.2. The molecular weight excluding hydrogens is 314 g/mol. The van der Waals surface area contributed by atoms with E-state index in [1.54, 1.807) is 0 Å². The second-order valence-electron chi connectivity index (χ2n) is 4.44. The SMILES string of the molecule is CCSCC(NC(=O)CCC(N)C(=O)O)C(=O)N(C)C(=O)O. The zero-order chi connectivity index (χ0) is 17.3. The summed E-state index contributed by atoms with van der Waals surface area (Å²) in [7, 11) is 1.10. The van der Waals surface area contributed by atoms with Gasteiger partial charge in [-0.05, 0) is 12.2 Å². The Bertz CT molecular complexity index is 431. The van der Waals surface area contributed by atoms with Gasteiger partial charge in [0.05, 0.1) is 0 Å². The van der Waals surface area contributed by atoms with Gasteiger partial charge in [0.25, 0.3) is 5.91 Å². The normalized spacial score (nSPS) is 13.0. The van der Waals surface area contributed by atoms with Gasteiger partial charge in [0.2, 0.25) is 5.91 Å². The van der Waals surface area contributed by atoms with Crippen molar-refractivity contribution >= 4 is 35.6 Å². The largest absolute Gasteiger partial charge is 0.480 e. The molecule has 5 N–H and O–H groups in total. The topological polar surface area (TPSA) is 150 Å². The van der Waals surface area contributed by atoms with Crippen LogP contribution in [0.25, 0.3) is 0 Å². The maximum atomic E-state index is 12.0. The van der Waals surface area contributed by atoms with Gasteiger partial charge in [-0.2, -0.15) is 11.8 Å². The van der Waals surface area contributed by atoms with Crippen LogP contribution in [0.1, 0.15) is 19.8 Å². The van der Waals surface area contributed by atoms with Gasteiger partial charge in [0.1, 0.15) is 12.1 Å². The summed E-state index contributed by atoms with van der Waals surface area (Å²) in [6.07, 6.45) is -1.65. The summed E-state index contributed by atoms with van der Waals surface area (Å²) in [5.74, 6) is -1.59. The maximum Gasteiger partial charge on any atom is 0.413 e. The highest BCUT2D eigenvalue weighted by Crippen LogP contribution is 2.06. The predicted molar refractivity (Wildman–Crippen MR) is 80.6 cm³/mol. The van der Waals surface area contributed by atoms with Crippen molar-refractivity contribution in [2.24, 2.45) is 5.73 Å². The van der Waals surface area contributed by atoms with Gasteiger partial charge >= 0.3 is 12.1 Å². The molecule has 0 bridgehead atoms. The van der Waals surface area contributed by atoms with E-state index in [2.05, 4.69) is 5.32 Å². The first kappa shape index (κ1) is 20.2. The monoisotopic (exact) mass is 335 g/mol. The highest BCUT2D eigenvalue weighted by molar-refractivity contribution is 7.99. The van der Waals surface area contributed by atoms with E-state index in [4.69, 9.17) is 15.9 Å². The number of carboxylic acids is 1. The Kier molecular flexibility index (Phi) is 9.18. The quantitative estimate of drug-likeness (QED) is 0.442. The molecule has 0 heterocycles. The van der Waals surface area contributed by atoms with E-state index < -0.39 is 36.0 Å². The molecule has 9 nitrogen and oxygen atoms in total. The van der Waals surface area contributed by atoms with Crippen molar-refractivity contribution in [2.75, 3.05) is 18.6 Å². The van der Waals surface area contributed by atoms with Crippen molar-refractivity contribution in [2.45, 2.75) is 31.8 Å². The number of hydrogen-bond acceptors (Lipinski definition) is 6. The molecule has 0 aliphatic rings. The Hall–Kier alpha value is -1.81. The van der Waals surface area contributed by atoms with Gasteiger partial charge in [-0.25, -0.2) is 9.69 Å². The highest BCUT2D eigenvalue weighted by atomic mass is 32.2. The molecule has 0 aliphatic carbocycles. The molecule has 0 fully saturated rings. The van der Waals surface area contributed by atoms with Gasteiger partial charge in [0.15, 0.2) is 0 Å². The van der Waals surface area contributed by atoms with E-state index in [-0.39, 0.29) is 18.6 Å². The van der Waals surface area contributed by atoms with Crippen molar-refractivity contribution in [3.8, 4) is 0 Å². The number of nitrogens with zero attached hydrogens (tertiary/aromatic N) is 1. The second kappa shape index (κ2) is 10.0. The molecule has 0 aromatic rings. The molecule has 0 aliphatic heterocycles. The van der Waals surface area contributed by atoms with Crippen LogP contribution in [0.2, 0.25) is 0 Å². The summed E-state index contributed by atoms with van der Waals surface area (Å²) in [5.41, 5.74) is 5.29. The third-order valence-electron chi connectivity index (χ3n) is 2.74. The van der Waals surface area contributed by atoms with Crippen molar-refractivity contribution in [3.63, 3.8) is 0 Å². The maximum absolute atomic E-state index is 12.0. The van der Waals surface area contributed by atoms with E-state index in [1.165, 1.54) is 11.8 Å². The third-order valence-corrected chi connectivity index (χ3v) is 3.72. The van der Waals surface area contributed by atoms with Crippen molar-refractivity contribution in [1.82, 2.24) is 10.2 Å². The molecule has 126 valence electrons. The number of amides is 3. The van der Waals surface area contributed by atoms with Gasteiger partial charge in [-0.3, -0.25) is 14.4 Å². The fourth-order valence-electron chi connectivity index (χ4n) is 1.41. The number of imide groups is 1. The van der Waals surface area contributed by atoms with E-state index in [0.29, 0.717) is 10.7 Å². The van der Waals surface area contributed by atoms with Crippen LogP contribution in [-0.4, -0.2) is 69.6 Å². The van der Waals surface area contributed by atoms with Crippen LogP contribution in [0, 0.1) is 0 Å². The predicted octanol–water partition coefficient (Wildman–Crippen LogP) is -0.447. The Balaban J connectivity index is 4.64. The average Bonchev–Trinajstić information content (AvgIpc) is 2.46. The number of rotatable bonds is 9. The lowest BCUT2D eigenvalue weighted by Crippen LogP contribution is -2.50. The number of carbonyl (C=O) groups is 4. The molecule has 0 spiro atoms. The van der Waals surface area contributed by atoms with E-state index in [1.807, 2.05) is 6.92 Å². The first-order valence-corrected chi connectivity index (χ1v) is 7.72. The molecule has 22 heavy (non-hydrogen) atoms. The van der Waals surface area contributed by atoms with Crippen LogP contribution in [0.15, 0.2) is 0 Å². The highest BCUT2D eigenvalue weighted by Gasteiger charge is 2.27. The minimum absolute atomic E-state index is 0.0717. The smallest absolute Gasteiger partial charge is 0.413 e. The van der Waals surface area contributed by atoms with E-state index in [0.717, 1.165) is 7.05 Å². The summed E-state index contributed by atoms with van der Waals surface area (Å²) in [6.45, 7) is 1.86. The van der Waals surface area contributed by atoms with Gasteiger partial charge in [-0.1, -0.05) is 6.92 Å². The molecule has 2 unspecified atom stereocenters. The van der Waals surface area contributed by atoms with Crippen molar-refractivity contribution < 1.29 is 29.4 Å². The number of nitrogens with one attached hydrogen (secondary N) is 1. The molecule has 0 rings (SSSR count). The molecule has 10 heteroatoms. The minimum atomic E-state index is -1.42. The summed E-state index contributed by atoms with van der Waals surface area (Å²) >= 11 is 1.37. The number of thioether (sulfide) groups is 1.